The first-order chi connectivity index (χ1) is 20.7. The smallest absolute Gasteiger partial charge is 0.243 e. The second-order valence-electron chi connectivity index (χ2n) is 11.5. The van der Waals surface area contributed by atoms with Crippen molar-refractivity contribution in [2.75, 3.05) is 13.6 Å². The molecule has 1 atom stereocenters. The SMILES string of the molecule is Cc1cccc(CN(C(=O)CN(C)S(=O)(=O)c2ccc3ccccc3c2)[C@@H](Cc2ccccc2)C(=O)NC2CCCC2)c1. The van der Waals surface area contributed by atoms with Gasteiger partial charge in [-0.2, -0.15) is 4.31 Å². The average Bonchev–Trinajstić information content (AvgIpc) is 3.52. The molecule has 0 unspecified atom stereocenters. The molecule has 4 aromatic rings. The van der Waals surface area contributed by atoms with Gasteiger partial charge in [0.25, 0.3) is 0 Å². The number of likely N-dealkylation sites (N-methyl/N-ethyl adjacent to an activating group) is 1. The Balaban J connectivity index is 1.46. The number of benzene rings is 4. The van der Waals surface area contributed by atoms with Crippen molar-refractivity contribution in [1.29, 1.82) is 0 Å². The number of amides is 2. The van der Waals surface area contributed by atoms with Crippen LogP contribution in [0.1, 0.15) is 42.4 Å². The van der Waals surface area contributed by atoms with Crippen LogP contribution >= 0.6 is 0 Å². The monoisotopic (exact) mass is 597 g/mol. The van der Waals surface area contributed by atoms with Crippen LogP contribution in [0, 0.1) is 6.92 Å². The van der Waals surface area contributed by atoms with Gasteiger partial charge in [-0.15, -0.1) is 0 Å². The van der Waals surface area contributed by atoms with Crippen LogP contribution in [-0.2, 0) is 32.6 Å². The Morgan fingerprint density at radius 2 is 1.51 bits per heavy atom. The molecule has 0 aliphatic heterocycles. The summed E-state index contributed by atoms with van der Waals surface area (Å²) >= 11 is 0. The van der Waals surface area contributed by atoms with Crippen LogP contribution in [0.5, 0.6) is 0 Å². The molecule has 8 heteroatoms. The van der Waals surface area contributed by atoms with E-state index < -0.39 is 28.5 Å². The zero-order valence-corrected chi connectivity index (χ0v) is 25.6. The van der Waals surface area contributed by atoms with Gasteiger partial charge in [0.05, 0.1) is 11.4 Å². The van der Waals surface area contributed by atoms with Gasteiger partial charge in [0, 0.05) is 26.1 Å². The highest BCUT2D eigenvalue weighted by Crippen LogP contribution is 2.23. The predicted octanol–water partition coefficient (Wildman–Crippen LogP) is 5.47. The van der Waals surface area contributed by atoms with Gasteiger partial charge in [0.15, 0.2) is 0 Å². The van der Waals surface area contributed by atoms with Gasteiger partial charge >= 0.3 is 0 Å². The van der Waals surface area contributed by atoms with Crippen LogP contribution in [-0.4, -0.2) is 55.1 Å². The van der Waals surface area contributed by atoms with E-state index in [-0.39, 0.29) is 23.4 Å². The Kier molecular flexibility index (Phi) is 9.58. The highest BCUT2D eigenvalue weighted by molar-refractivity contribution is 7.89. The molecule has 1 aliphatic rings. The molecule has 1 saturated carbocycles. The molecule has 0 spiro atoms. The van der Waals surface area contributed by atoms with Crippen molar-refractivity contribution < 1.29 is 18.0 Å². The van der Waals surface area contributed by atoms with Crippen molar-refractivity contribution in [3.63, 3.8) is 0 Å². The number of fused-ring (bicyclic) bond motifs is 1. The molecule has 2 amide bonds. The normalized spacial score (nSPS) is 14.6. The predicted molar refractivity (Wildman–Crippen MR) is 170 cm³/mol. The van der Waals surface area contributed by atoms with Gasteiger partial charge < -0.3 is 10.2 Å². The maximum atomic E-state index is 14.1. The third kappa shape index (κ3) is 7.50. The Bertz CT molecular complexity index is 1680. The summed E-state index contributed by atoms with van der Waals surface area (Å²) in [6, 6.07) is 29.2. The Hall–Kier alpha value is -4.01. The van der Waals surface area contributed by atoms with Crippen molar-refractivity contribution in [2.45, 2.75) is 62.6 Å². The zero-order chi connectivity index (χ0) is 30.4. The summed E-state index contributed by atoms with van der Waals surface area (Å²) in [6.07, 6.45) is 4.29. The Labute approximate surface area is 254 Å². The van der Waals surface area contributed by atoms with E-state index in [4.69, 9.17) is 0 Å². The van der Waals surface area contributed by atoms with Crippen LogP contribution in [0.15, 0.2) is 102 Å². The molecule has 7 nitrogen and oxygen atoms in total. The standard InChI is InChI=1S/C35H39N3O4S/c1-26-11-10-14-28(21-26)24-38(33(22-27-12-4-3-5-13-27)35(40)36-31-17-8-9-18-31)34(39)25-37(2)43(41,42)32-20-19-29-15-6-7-16-30(29)23-32/h3-7,10-16,19-21,23,31,33H,8-9,17-18,22,24-25H2,1-2H3,(H,36,40)/t33-/m0/s1. The molecule has 0 aromatic heterocycles. The first-order valence-electron chi connectivity index (χ1n) is 14.8. The first-order valence-corrected chi connectivity index (χ1v) is 16.3. The highest BCUT2D eigenvalue weighted by Gasteiger charge is 2.34. The van der Waals surface area contributed by atoms with E-state index in [1.165, 1.54) is 7.05 Å². The Morgan fingerprint density at radius 1 is 0.837 bits per heavy atom. The molecule has 1 aliphatic carbocycles. The fourth-order valence-electron chi connectivity index (χ4n) is 5.80. The van der Waals surface area contributed by atoms with E-state index in [0.29, 0.717) is 6.42 Å². The van der Waals surface area contributed by atoms with Crippen molar-refractivity contribution in [3.05, 3.63) is 114 Å². The van der Waals surface area contributed by atoms with Crippen LogP contribution in [0.3, 0.4) is 0 Å². The molecule has 1 fully saturated rings. The lowest BCUT2D eigenvalue weighted by Gasteiger charge is -2.33. The van der Waals surface area contributed by atoms with E-state index in [1.807, 2.05) is 85.8 Å². The van der Waals surface area contributed by atoms with Gasteiger partial charge in [-0.1, -0.05) is 103 Å². The van der Waals surface area contributed by atoms with E-state index in [9.17, 15) is 18.0 Å². The van der Waals surface area contributed by atoms with E-state index in [2.05, 4.69) is 5.32 Å². The minimum atomic E-state index is -3.98. The third-order valence-electron chi connectivity index (χ3n) is 8.20. The van der Waals surface area contributed by atoms with E-state index >= 15 is 0 Å². The fraction of sp³-hybridized carbons (Fsp3) is 0.314. The summed E-state index contributed by atoms with van der Waals surface area (Å²) in [5.41, 5.74) is 2.84. The summed E-state index contributed by atoms with van der Waals surface area (Å²) in [4.78, 5) is 29.7. The number of nitrogens with one attached hydrogen (secondary N) is 1. The average molecular weight is 598 g/mol. The molecule has 0 saturated heterocycles. The molecule has 4 aromatic carbocycles. The number of carbonyl (C=O) groups is 2. The van der Waals surface area contributed by atoms with Gasteiger partial charge in [-0.05, 0) is 53.8 Å². The topological polar surface area (TPSA) is 86.8 Å². The number of nitrogens with zero attached hydrogens (tertiary/aromatic N) is 2. The summed E-state index contributed by atoms with van der Waals surface area (Å²) in [7, 11) is -2.56. The lowest BCUT2D eigenvalue weighted by atomic mass is 10.0. The number of hydrogen-bond acceptors (Lipinski definition) is 4. The van der Waals surface area contributed by atoms with Gasteiger partial charge in [0.2, 0.25) is 21.8 Å². The van der Waals surface area contributed by atoms with Crippen molar-refractivity contribution in [3.8, 4) is 0 Å². The summed E-state index contributed by atoms with van der Waals surface area (Å²) in [6.45, 7) is 1.76. The second-order valence-corrected chi connectivity index (χ2v) is 13.5. The maximum Gasteiger partial charge on any atom is 0.243 e. The van der Waals surface area contributed by atoms with Crippen molar-refractivity contribution >= 4 is 32.6 Å². The van der Waals surface area contributed by atoms with Crippen molar-refractivity contribution in [2.24, 2.45) is 0 Å². The minimum Gasteiger partial charge on any atom is -0.352 e. The number of hydrogen-bond donors (Lipinski definition) is 1. The van der Waals surface area contributed by atoms with Gasteiger partial charge in [-0.3, -0.25) is 9.59 Å². The molecule has 0 heterocycles. The number of carbonyl (C=O) groups excluding carboxylic acids is 2. The lowest BCUT2D eigenvalue weighted by molar-refractivity contribution is -0.141. The zero-order valence-electron chi connectivity index (χ0n) is 24.8. The number of sulfonamides is 1. The molecule has 5 rings (SSSR count). The number of rotatable bonds is 11. The summed E-state index contributed by atoms with van der Waals surface area (Å²) < 4.78 is 28.4. The summed E-state index contributed by atoms with van der Waals surface area (Å²) in [5, 5.41) is 4.93. The largest absolute Gasteiger partial charge is 0.352 e. The number of aryl methyl sites for hydroxylation is 1. The minimum absolute atomic E-state index is 0.0812. The Morgan fingerprint density at radius 3 is 2.23 bits per heavy atom. The van der Waals surface area contributed by atoms with E-state index in [0.717, 1.165) is 57.5 Å². The first kappa shape index (κ1) is 30.4. The second kappa shape index (κ2) is 13.5. The molecule has 0 bridgehead atoms. The fourth-order valence-corrected chi connectivity index (χ4v) is 6.96. The van der Waals surface area contributed by atoms with Crippen LogP contribution in [0.4, 0.5) is 0 Å². The van der Waals surface area contributed by atoms with Crippen LogP contribution < -0.4 is 5.32 Å². The van der Waals surface area contributed by atoms with Crippen LogP contribution in [0.25, 0.3) is 10.8 Å². The lowest BCUT2D eigenvalue weighted by Crippen LogP contribution is -2.54. The molecule has 43 heavy (non-hydrogen) atoms. The van der Waals surface area contributed by atoms with Crippen LogP contribution in [0.2, 0.25) is 0 Å². The quantitative estimate of drug-likeness (QED) is 0.249. The molecule has 0 radical (unpaired) electrons. The molecule has 1 N–H and O–H groups in total. The maximum absolute atomic E-state index is 14.1. The molecular weight excluding hydrogens is 558 g/mol. The molecular formula is C35H39N3O4S. The van der Waals surface area contributed by atoms with Gasteiger partial charge in [-0.25, -0.2) is 8.42 Å². The molecule has 224 valence electrons. The van der Waals surface area contributed by atoms with Gasteiger partial charge in [0.1, 0.15) is 6.04 Å². The van der Waals surface area contributed by atoms with Crippen molar-refractivity contribution in [1.82, 2.24) is 14.5 Å². The highest BCUT2D eigenvalue weighted by atomic mass is 32.2. The third-order valence-corrected chi connectivity index (χ3v) is 9.99. The summed E-state index contributed by atoms with van der Waals surface area (Å²) in [5.74, 6) is -0.646. The van der Waals surface area contributed by atoms with E-state index in [1.54, 1.807) is 23.1 Å².